The second-order valence-electron chi connectivity index (χ2n) is 7.90. The SMILES string of the molecule is CC(C)c1ccc([C@@H]2c3c(oc4ccc(Cl)cc4c3=O)C(=O)N2c2ccccn2)cc1. The topological polar surface area (TPSA) is 63.4 Å². The molecule has 0 unspecified atom stereocenters. The van der Waals surface area contributed by atoms with Crippen LogP contribution in [0.2, 0.25) is 5.02 Å². The summed E-state index contributed by atoms with van der Waals surface area (Å²) in [6.45, 7) is 4.24. The highest BCUT2D eigenvalue weighted by molar-refractivity contribution is 6.31. The van der Waals surface area contributed by atoms with Gasteiger partial charge in [-0.2, -0.15) is 0 Å². The monoisotopic (exact) mass is 430 g/mol. The maximum atomic E-state index is 13.5. The van der Waals surface area contributed by atoms with E-state index in [1.807, 2.05) is 30.3 Å². The first kappa shape index (κ1) is 19.5. The summed E-state index contributed by atoms with van der Waals surface area (Å²) in [5.74, 6) is 0.483. The van der Waals surface area contributed by atoms with Gasteiger partial charge < -0.3 is 4.42 Å². The minimum absolute atomic E-state index is 0.0448. The van der Waals surface area contributed by atoms with E-state index in [2.05, 4.69) is 18.8 Å². The molecule has 0 radical (unpaired) electrons. The van der Waals surface area contributed by atoms with Crippen molar-refractivity contribution in [1.82, 2.24) is 4.98 Å². The fourth-order valence-electron chi connectivity index (χ4n) is 4.06. The Kier molecular flexibility index (Phi) is 4.63. The van der Waals surface area contributed by atoms with Gasteiger partial charge in [0.2, 0.25) is 5.76 Å². The van der Waals surface area contributed by atoms with Crippen LogP contribution in [0.15, 0.2) is 76.1 Å². The van der Waals surface area contributed by atoms with Crippen molar-refractivity contribution in [2.75, 3.05) is 4.90 Å². The Bertz CT molecular complexity index is 1360. The number of carbonyl (C=O) groups is 1. The van der Waals surface area contributed by atoms with Crippen molar-refractivity contribution in [1.29, 1.82) is 0 Å². The Morgan fingerprint density at radius 2 is 1.81 bits per heavy atom. The van der Waals surface area contributed by atoms with Gasteiger partial charge in [-0.3, -0.25) is 14.5 Å². The Labute approximate surface area is 183 Å². The van der Waals surface area contributed by atoms with Gasteiger partial charge in [0.05, 0.1) is 17.0 Å². The molecule has 6 heteroatoms. The fraction of sp³-hybridized carbons (Fsp3) is 0.160. The first-order valence-corrected chi connectivity index (χ1v) is 10.4. The molecule has 5 nitrogen and oxygen atoms in total. The zero-order chi connectivity index (χ0) is 21.7. The van der Waals surface area contributed by atoms with Crippen molar-refractivity contribution in [3.8, 4) is 0 Å². The smallest absolute Gasteiger partial charge is 0.296 e. The molecule has 2 aromatic heterocycles. The number of amides is 1. The van der Waals surface area contributed by atoms with E-state index in [-0.39, 0.29) is 17.1 Å². The summed E-state index contributed by atoms with van der Waals surface area (Å²) in [5.41, 5.74) is 2.37. The van der Waals surface area contributed by atoms with Gasteiger partial charge in [0.15, 0.2) is 5.43 Å². The molecule has 5 rings (SSSR count). The Balaban J connectivity index is 1.78. The molecule has 0 spiro atoms. The maximum Gasteiger partial charge on any atom is 0.296 e. The highest BCUT2D eigenvalue weighted by Gasteiger charge is 2.44. The number of carbonyl (C=O) groups excluding carboxylic acids is 1. The van der Waals surface area contributed by atoms with Crippen molar-refractivity contribution in [2.24, 2.45) is 0 Å². The van der Waals surface area contributed by atoms with Crippen molar-refractivity contribution in [3.05, 3.63) is 105 Å². The Morgan fingerprint density at radius 1 is 1.03 bits per heavy atom. The lowest BCUT2D eigenvalue weighted by Crippen LogP contribution is -2.30. The lowest BCUT2D eigenvalue weighted by Gasteiger charge is -2.24. The van der Waals surface area contributed by atoms with E-state index < -0.39 is 6.04 Å². The van der Waals surface area contributed by atoms with Gasteiger partial charge in [0.25, 0.3) is 5.91 Å². The van der Waals surface area contributed by atoms with Gasteiger partial charge in [-0.25, -0.2) is 4.98 Å². The van der Waals surface area contributed by atoms with Crippen LogP contribution < -0.4 is 10.3 Å². The second kappa shape index (κ2) is 7.36. The molecule has 4 aromatic rings. The number of anilines is 1. The fourth-order valence-corrected chi connectivity index (χ4v) is 4.23. The quantitative estimate of drug-likeness (QED) is 0.417. The first-order chi connectivity index (χ1) is 15.0. The summed E-state index contributed by atoms with van der Waals surface area (Å²) in [5, 5.41) is 0.786. The first-order valence-electron chi connectivity index (χ1n) is 10.1. The Morgan fingerprint density at radius 3 is 2.48 bits per heavy atom. The van der Waals surface area contributed by atoms with Gasteiger partial charge in [-0.15, -0.1) is 0 Å². The number of rotatable bonds is 3. The average molecular weight is 431 g/mol. The molecule has 1 amide bonds. The molecule has 1 atom stereocenters. The van der Waals surface area contributed by atoms with E-state index in [0.717, 1.165) is 5.56 Å². The van der Waals surface area contributed by atoms with Crippen LogP contribution in [0, 0.1) is 0 Å². The maximum absolute atomic E-state index is 13.5. The van der Waals surface area contributed by atoms with Crippen LogP contribution in [0.4, 0.5) is 5.82 Å². The van der Waals surface area contributed by atoms with Crippen LogP contribution in [-0.4, -0.2) is 10.9 Å². The number of nitrogens with zero attached hydrogens (tertiary/aromatic N) is 2. The van der Waals surface area contributed by atoms with Crippen LogP contribution in [0.25, 0.3) is 11.0 Å². The van der Waals surface area contributed by atoms with Crippen molar-refractivity contribution in [2.45, 2.75) is 25.8 Å². The van der Waals surface area contributed by atoms with Gasteiger partial charge in [-0.05, 0) is 47.4 Å². The molecular formula is C25H19ClN2O3. The highest BCUT2D eigenvalue weighted by Crippen LogP contribution is 2.40. The van der Waals surface area contributed by atoms with Crippen LogP contribution in [0.1, 0.15) is 53.1 Å². The summed E-state index contributed by atoms with van der Waals surface area (Å²) >= 11 is 6.13. The van der Waals surface area contributed by atoms with Crippen molar-refractivity contribution >= 4 is 34.3 Å². The summed E-state index contributed by atoms with van der Waals surface area (Å²) in [7, 11) is 0. The molecule has 0 aliphatic carbocycles. The zero-order valence-electron chi connectivity index (χ0n) is 17.0. The second-order valence-corrected chi connectivity index (χ2v) is 8.34. The summed E-state index contributed by atoms with van der Waals surface area (Å²) in [6.07, 6.45) is 1.62. The average Bonchev–Trinajstić information content (AvgIpc) is 3.07. The number of benzene rings is 2. The molecule has 0 N–H and O–H groups in total. The molecule has 31 heavy (non-hydrogen) atoms. The predicted octanol–water partition coefficient (Wildman–Crippen LogP) is 5.71. The van der Waals surface area contributed by atoms with E-state index in [1.54, 1.807) is 36.5 Å². The summed E-state index contributed by atoms with van der Waals surface area (Å²) < 4.78 is 5.94. The molecule has 154 valence electrons. The summed E-state index contributed by atoms with van der Waals surface area (Å²) in [6, 6.07) is 17.5. The molecule has 0 saturated carbocycles. The minimum Gasteiger partial charge on any atom is -0.450 e. The number of aromatic nitrogens is 1. The molecular weight excluding hydrogens is 412 g/mol. The zero-order valence-corrected chi connectivity index (χ0v) is 17.8. The minimum atomic E-state index is -0.641. The largest absolute Gasteiger partial charge is 0.450 e. The van der Waals surface area contributed by atoms with E-state index in [4.69, 9.17) is 16.0 Å². The standard InChI is InChI=1S/C25H19ClN2O3/c1-14(2)15-6-8-16(9-7-15)22-21-23(29)18-13-17(26)10-11-19(18)31-24(21)25(30)28(22)20-5-3-4-12-27-20/h3-14,22H,1-2H3/t22-/m1/s1. The molecule has 0 fully saturated rings. The molecule has 1 aliphatic heterocycles. The third kappa shape index (κ3) is 3.13. The lowest BCUT2D eigenvalue weighted by molar-refractivity contribution is 0.0970. The third-order valence-corrected chi connectivity index (χ3v) is 5.88. The molecule has 3 heterocycles. The normalized spacial score (nSPS) is 15.7. The van der Waals surface area contributed by atoms with E-state index in [0.29, 0.717) is 33.3 Å². The van der Waals surface area contributed by atoms with Crippen LogP contribution in [0.3, 0.4) is 0 Å². The third-order valence-electron chi connectivity index (χ3n) is 5.65. The van der Waals surface area contributed by atoms with Gasteiger partial charge in [0, 0.05) is 11.2 Å². The van der Waals surface area contributed by atoms with Crippen molar-refractivity contribution in [3.63, 3.8) is 0 Å². The summed E-state index contributed by atoms with van der Waals surface area (Å²) in [4.78, 5) is 32.9. The molecule has 1 aliphatic rings. The lowest BCUT2D eigenvalue weighted by atomic mass is 9.95. The van der Waals surface area contributed by atoms with Gasteiger partial charge in [-0.1, -0.05) is 55.8 Å². The van der Waals surface area contributed by atoms with Gasteiger partial charge >= 0.3 is 0 Å². The number of pyridine rings is 1. The van der Waals surface area contributed by atoms with E-state index in [1.165, 1.54) is 10.5 Å². The molecule has 0 bridgehead atoms. The predicted molar refractivity (Wildman–Crippen MR) is 121 cm³/mol. The van der Waals surface area contributed by atoms with Gasteiger partial charge in [0.1, 0.15) is 11.4 Å². The number of hydrogen-bond donors (Lipinski definition) is 0. The van der Waals surface area contributed by atoms with Crippen LogP contribution in [-0.2, 0) is 0 Å². The number of halogens is 1. The highest BCUT2D eigenvalue weighted by atomic mass is 35.5. The van der Waals surface area contributed by atoms with E-state index in [9.17, 15) is 9.59 Å². The van der Waals surface area contributed by atoms with Crippen molar-refractivity contribution < 1.29 is 9.21 Å². The van der Waals surface area contributed by atoms with E-state index >= 15 is 0 Å². The van der Waals surface area contributed by atoms with Crippen LogP contribution in [0.5, 0.6) is 0 Å². The number of fused-ring (bicyclic) bond motifs is 2. The Hall–Kier alpha value is -3.44. The molecule has 0 saturated heterocycles. The molecule has 2 aromatic carbocycles. The van der Waals surface area contributed by atoms with Crippen LogP contribution >= 0.6 is 11.6 Å². The number of hydrogen-bond acceptors (Lipinski definition) is 4.